The van der Waals surface area contributed by atoms with Crippen molar-refractivity contribution in [2.24, 2.45) is 11.7 Å². The highest BCUT2D eigenvalue weighted by molar-refractivity contribution is 7.89. The lowest BCUT2D eigenvalue weighted by Crippen LogP contribution is -2.44. The molecule has 1 aromatic rings. The summed E-state index contributed by atoms with van der Waals surface area (Å²) in [5.74, 6) is 0.145. The third-order valence-electron chi connectivity index (χ3n) is 4.17. The molecular weight excluding hydrogens is 358 g/mol. The maximum atomic E-state index is 12.7. The second kappa shape index (κ2) is 8.61. The monoisotopic (exact) mass is 379 g/mol. The number of nitrogens with one attached hydrogen (secondary N) is 1. The first-order chi connectivity index (χ1) is 10.9. The van der Waals surface area contributed by atoms with Crippen molar-refractivity contribution in [1.82, 2.24) is 4.72 Å². The molecule has 0 saturated heterocycles. The minimum atomic E-state index is -3.94. The van der Waals surface area contributed by atoms with Gasteiger partial charge in [0.05, 0.1) is 12.0 Å². The van der Waals surface area contributed by atoms with Gasteiger partial charge in [0.15, 0.2) is 0 Å². The lowest BCUT2D eigenvalue weighted by molar-refractivity contribution is -0.385. The van der Waals surface area contributed by atoms with E-state index in [2.05, 4.69) is 4.72 Å². The van der Waals surface area contributed by atoms with Crippen molar-refractivity contribution >= 4 is 28.1 Å². The van der Waals surface area contributed by atoms with E-state index in [1.165, 1.54) is 19.2 Å². The molecule has 1 fully saturated rings. The number of rotatable bonds is 6. The second-order valence-electron chi connectivity index (χ2n) is 5.60. The number of nitro benzene ring substituents is 1. The summed E-state index contributed by atoms with van der Waals surface area (Å²) in [6.45, 7) is 0.402. The van der Waals surface area contributed by atoms with Crippen LogP contribution in [0.25, 0.3) is 0 Å². The molecule has 0 radical (unpaired) electrons. The number of benzene rings is 1. The van der Waals surface area contributed by atoms with Crippen LogP contribution < -0.4 is 15.2 Å². The number of nitro groups is 1. The Labute approximate surface area is 147 Å². The number of halogens is 1. The molecule has 2 rings (SSSR count). The Bertz CT molecular complexity index is 683. The zero-order chi connectivity index (χ0) is 17.0. The summed E-state index contributed by atoms with van der Waals surface area (Å²) in [4.78, 5) is 10.0. The summed E-state index contributed by atoms with van der Waals surface area (Å²) in [5, 5.41) is 10.9. The number of ether oxygens (including phenoxy) is 1. The molecule has 0 spiro atoms. The van der Waals surface area contributed by atoms with Crippen LogP contribution in [0.1, 0.15) is 25.7 Å². The lowest BCUT2D eigenvalue weighted by atomic mass is 9.85. The predicted molar refractivity (Wildman–Crippen MR) is 92.0 cm³/mol. The maximum Gasteiger partial charge on any atom is 0.271 e. The van der Waals surface area contributed by atoms with Crippen LogP contribution in [0, 0.1) is 16.0 Å². The molecule has 1 aromatic carbocycles. The first-order valence-corrected chi connectivity index (χ1v) is 8.92. The number of nitrogens with two attached hydrogens (primary N) is 1. The van der Waals surface area contributed by atoms with Crippen LogP contribution in [0.3, 0.4) is 0 Å². The van der Waals surface area contributed by atoms with Crippen molar-refractivity contribution in [2.45, 2.75) is 36.6 Å². The minimum Gasteiger partial charge on any atom is -0.495 e. The normalized spacial score (nSPS) is 20.9. The van der Waals surface area contributed by atoms with E-state index in [-0.39, 0.29) is 40.7 Å². The SMILES string of the molecule is COc1ccc([N+](=O)[O-])cc1S(=O)(=O)NC1CCCCC1CN.Cl. The number of methoxy groups -OCH3 is 1. The van der Waals surface area contributed by atoms with E-state index < -0.39 is 14.9 Å². The fourth-order valence-corrected chi connectivity index (χ4v) is 4.42. The van der Waals surface area contributed by atoms with Crippen molar-refractivity contribution in [2.75, 3.05) is 13.7 Å². The molecule has 0 amide bonds. The van der Waals surface area contributed by atoms with Gasteiger partial charge >= 0.3 is 0 Å². The Morgan fingerprint density at radius 1 is 1.38 bits per heavy atom. The number of nitrogens with zero attached hydrogens (tertiary/aromatic N) is 1. The molecule has 1 saturated carbocycles. The van der Waals surface area contributed by atoms with Crippen molar-refractivity contribution in [1.29, 1.82) is 0 Å². The molecule has 10 heteroatoms. The fourth-order valence-electron chi connectivity index (χ4n) is 2.90. The van der Waals surface area contributed by atoms with Gasteiger partial charge in [0.2, 0.25) is 10.0 Å². The summed E-state index contributed by atoms with van der Waals surface area (Å²) in [5.41, 5.74) is 5.42. The number of hydrogen-bond donors (Lipinski definition) is 2. The Morgan fingerprint density at radius 2 is 2.04 bits per heavy atom. The first kappa shape index (κ1) is 20.6. The molecule has 0 bridgehead atoms. The molecule has 0 heterocycles. The molecule has 2 atom stereocenters. The topological polar surface area (TPSA) is 125 Å². The van der Waals surface area contributed by atoms with E-state index in [1.807, 2.05) is 0 Å². The Balaban J connectivity index is 0.00000288. The highest BCUT2D eigenvalue weighted by atomic mass is 35.5. The van der Waals surface area contributed by atoms with Crippen molar-refractivity contribution in [3.8, 4) is 5.75 Å². The Hall–Kier alpha value is -1.42. The van der Waals surface area contributed by atoms with Gasteiger partial charge in [0, 0.05) is 18.2 Å². The van der Waals surface area contributed by atoms with Crippen LogP contribution in [0.4, 0.5) is 5.69 Å². The molecule has 0 aliphatic heterocycles. The molecular formula is C14H22ClN3O5S. The van der Waals surface area contributed by atoms with Gasteiger partial charge in [-0.15, -0.1) is 12.4 Å². The molecule has 2 unspecified atom stereocenters. The van der Waals surface area contributed by atoms with Gasteiger partial charge in [0.1, 0.15) is 10.6 Å². The lowest BCUT2D eigenvalue weighted by Gasteiger charge is -2.31. The average molecular weight is 380 g/mol. The third kappa shape index (κ3) is 4.56. The molecule has 0 aromatic heterocycles. The van der Waals surface area contributed by atoms with E-state index in [0.717, 1.165) is 25.3 Å². The summed E-state index contributed by atoms with van der Waals surface area (Å²) in [7, 11) is -2.61. The number of non-ortho nitro benzene ring substituents is 1. The van der Waals surface area contributed by atoms with Crippen LogP contribution in [-0.4, -0.2) is 33.0 Å². The zero-order valence-corrected chi connectivity index (χ0v) is 14.9. The third-order valence-corrected chi connectivity index (χ3v) is 5.68. The molecule has 8 nitrogen and oxygen atoms in total. The molecule has 24 heavy (non-hydrogen) atoms. The van der Waals surface area contributed by atoms with Crippen molar-refractivity contribution in [3.63, 3.8) is 0 Å². The number of sulfonamides is 1. The van der Waals surface area contributed by atoms with E-state index >= 15 is 0 Å². The van der Waals surface area contributed by atoms with Gasteiger partial charge in [-0.3, -0.25) is 10.1 Å². The number of hydrogen-bond acceptors (Lipinski definition) is 6. The fraction of sp³-hybridized carbons (Fsp3) is 0.571. The predicted octanol–water partition coefficient (Wildman–Crippen LogP) is 1.82. The van der Waals surface area contributed by atoms with Crippen molar-refractivity contribution in [3.05, 3.63) is 28.3 Å². The highest BCUT2D eigenvalue weighted by Crippen LogP contribution is 2.30. The van der Waals surface area contributed by atoms with Gasteiger partial charge in [-0.05, 0) is 31.4 Å². The largest absolute Gasteiger partial charge is 0.495 e. The maximum absolute atomic E-state index is 12.7. The summed E-state index contributed by atoms with van der Waals surface area (Å²) in [6, 6.07) is 3.25. The van der Waals surface area contributed by atoms with E-state index in [0.29, 0.717) is 13.0 Å². The smallest absolute Gasteiger partial charge is 0.271 e. The van der Waals surface area contributed by atoms with Gasteiger partial charge < -0.3 is 10.5 Å². The van der Waals surface area contributed by atoms with Gasteiger partial charge in [-0.2, -0.15) is 0 Å². The van der Waals surface area contributed by atoms with Crippen LogP contribution >= 0.6 is 12.4 Å². The van der Waals surface area contributed by atoms with Gasteiger partial charge in [0.25, 0.3) is 5.69 Å². The van der Waals surface area contributed by atoms with E-state index in [1.54, 1.807) is 0 Å². The van der Waals surface area contributed by atoms with Crippen molar-refractivity contribution < 1.29 is 18.1 Å². The van der Waals surface area contributed by atoms with Crippen LogP contribution in [0.15, 0.2) is 23.1 Å². The second-order valence-corrected chi connectivity index (χ2v) is 7.28. The molecule has 3 N–H and O–H groups in total. The van der Waals surface area contributed by atoms with Crippen LogP contribution in [0.5, 0.6) is 5.75 Å². The zero-order valence-electron chi connectivity index (χ0n) is 13.3. The van der Waals surface area contributed by atoms with E-state index in [4.69, 9.17) is 10.5 Å². The van der Waals surface area contributed by atoms with E-state index in [9.17, 15) is 18.5 Å². The van der Waals surface area contributed by atoms with Gasteiger partial charge in [-0.25, -0.2) is 13.1 Å². The summed E-state index contributed by atoms with van der Waals surface area (Å²) >= 11 is 0. The molecule has 1 aliphatic carbocycles. The average Bonchev–Trinajstić information content (AvgIpc) is 2.54. The Kier molecular flexibility index (Phi) is 7.40. The van der Waals surface area contributed by atoms with Gasteiger partial charge in [-0.1, -0.05) is 12.8 Å². The molecule has 1 aliphatic rings. The Morgan fingerprint density at radius 3 is 2.62 bits per heavy atom. The molecule has 136 valence electrons. The summed E-state index contributed by atoms with van der Waals surface area (Å²) < 4.78 is 33.0. The van der Waals surface area contributed by atoms with Crippen LogP contribution in [0.2, 0.25) is 0 Å². The first-order valence-electron chi connectivity index (χ1n) is 7.44. The quantitative estimate of drug-likeness (QED) is 0.573. The van der Waals surface area contributed by atoms with Crippen LogP contribution in [-0.2, 0) is 10.0 Å². The highest BCUT2D eigenvalue weighted by Gasteiger charge is 2.31. The summed E-state index contributed by atoms with van der Waals surface area (Å²) in [6.07, 6.45) is 3.53. The minimum absolute atomic E-state index is 0. The standard InChI is InChI=1S/C14H21N3O5S.ClH/c1-22-13-7-6-11(17(18)19)8-14(13)23(20,21)16-12-5-3-2-4-10(12)9-15;/h6-8,10,12,16H,2-5,9,15H2,1H3;1H.